The average Bonchev–Trinajstić information content (AvgIpc) is 3.15. The minimum atomic E-state index is -4.24. The lowest BCUT2D eigenvalue weighted by molar-refractivity contribution is 0.0945. The van der Waals surface area contributed by atoms with Crippen molar-refractivity contribution in [3.05, 3.63) is 66.3 Å². The van der Waals surface area contributed by atoms with Gasteiger partial charge in [0.1, 0.15) is 10.7 Å². The summed E-state index contributed by atoms with van der Waals surface area (Å²) in [6.07, 6.45) is 1.14. The molecule has 0 unspecified atom stereocenters. The van der Waals surface area contributed by atoms with Gasteiger partial charge in [0.2, 0.25) is 12.2 Å². The maximum atomic E-state index is 13.6. The van der Waals surface area contributed by atoms with Crippen LogP contribution in [0.1, 0.15) is 10.4 Å². The van der Waals surface area contributed by atoms with Crippen molar-refractivity contribution >= 4 is 15.9 Å². The fraction of sp³-hybridized carbons (Fsp3) is 0. The molecule has 0 aliphatic rings. The van der Waals surface area contributed by atoms with Crippen LogP contribution in [-0.4, -0.2) is 24.5 Å². The smallest absolute Gasteiger partial charge is 0.266 e. The second-order valence-electron chi connectivity index (χ2n) is 4.83. The highest BCUT2D eigenvalue weighted by atomic mass is 32.2. The highest BCUT2D eigenvalue weighted by Crippen LogP contribution is 2.16. The number of amides is 1. The average molecular weight is 362 g/mol. The number of benzene rings is 2. The van der Waals surface area contributed by atoms with Crippen LogP contribution in [0, 0.1) is 5.82 Å². The minimum Gasteiger partial charge on any atom is -0.342 e. The number of rotatable bonds is 5. The minimum absolute atomic E-state index is 0.151. The number of sulfonamides is 1. The molecule has 0 aliphatic heterocycles. The van der Waals surface area contributed by atoms with E-state index in [1.54, 1.807) is 12.1 Å². The highest BCUT2D eigenvalue weighted by molar-refractivity contribution is 7.89. The molecular formula is C15H11FN4O4S. The van der Waals surface area contributed by atoms with E-state index < -0.39 is 26.6 Å². The summed E-state index contributed by atoms with van der Waals surface area (Å²) in [5.41, 5.74) is 2.69. The molecule has 0 aliphatic carbocycles. The summed E-state index contributed by atoms with van der Waals surface area (Å²) in [5, 5.41) is 3.65. The molecule has 1 heterocycles. The number of hydrazine groups is 1. The number of hydrogen-bond acceptors (Lipinski definition) is 6. The van der Waals surface area contributed by atoms with E-state index in [-0.39, 0.29) is 11.4 Å². The van der Waals surface area contributed by atoms with Gasteiger partial charge in [-0.25, -0.2) is 12.8 Å². The van der Waals surface area contributed by atoms with Gasteiger partial charge in [0.25, 0.3) is 15.9 Å². The SMILES string of the molecule is O=C(NNS(=O)(=O)c1ccccc1F)c1cccc(-c2ncon2)c1. The van der Waals surface area contributed by atoms with E-state index in [2.05, 4.69) is 14.7 Å². The third kappa shape index (κ3) is 3.70. The monoisotopic (exact) mass is 362 g/mol. The molecule has 1 aromatic heterocycles. The lowest BCUT2D eigenvalue weighted by atomic mass is 10.1. The number of carbonyl (C=O) groups excluding carboxylic acids is 1. The van der Waals surface area contributed by atoms with E-state index in [4.69, 9.17) is 0 Å². The van der Waals surface area contributed by atoms with E-state index in [9.17, 15) is 17.6 Å². The number of nitrogens with zero attached hydrogens (tertiary/aromatic N) is 2. The Labute approximate surface area is 141 Å². The molecule has 10 heteroatoms. The van der Waals surface area contributed by atoms with Crippen molar-refractivity contribution in [1.29, 1.82) is 0 Å². The zero-order valence-electron chi connectivity index (χ0n) is 12.5. The molecule has 8 nitrogen and oxygen atoms in total. The molecule has 25 heavy (non-hydrogen) atoms. The van der Waals surface area contributed by atoms with Crippen LogP contribution < -0.4 is 10.3 Å². The molecular weight excluding hydrogens is 351 g/mol. The Bertz CT molecular complexity index is 1010. The van der Waals surface area contributed by atoms with Gasteiger partial charge < -0.3 is 4.52 Å². The van der Waals surface area contributed by atoms with Crippen molar-refractivity contribution in [2.75, 3.05) is 0 Å². The van der Waals surface area contributed by atoms with Crippen molar-refractivity contribution in [2.24, 2.45) is 0 Å². The van der Waals surface area contributed by atoms with Crippen molar-refractivity contribution < 1.29 is 22.1 Å². The van der Waals surface area contributed by atoms with Crippen LogP contribution >= 0.6 is 0 Å². The summed E-state index contributed by atoms with van der Waals surface area (Å²) in [6, 6.07) is 11.0. The molecule has 128 valence electrons. The summed E-state index contributed by atoms with van der Waals surface area (Å²) in [6.45, 7) is 0. The second-order valence-corrected chi connectivity index (χ2v) is 6.48. The third-order valence-corrected chi connectivity index (χ3v) is 4.45. The third-order valence-electron chi connectivity index (χ3n) is 3.17. The van der Waals surface area contributed by atoms with E-state index in [0.29, 0.717) is 5.56 Å². The van der Waals surface area contributed by atoms with Gasteiger partial charge in [-0.2, -0.15) is 4.98 Å². The number of carbonyl (C=O) groups is 1. The first kappa shape index (κ1) is 16.7. The quantitative estimate of drug-likeness (QED) is 0.665. The Morgan fingerprint density at radius 1 is 1.12 bits per heavy atom. The van der Waals surface area contributed by atoms with E-state index in [1.807, 2.05) is 10.3 Å². The van der Waals surface area contributed by atoms with Crippen molar-refractivity contribution in [1.82, 2.24) is 20.4 Å². The van der Waals surface area contributed by atoms with Gasteiger partial charge in [-0.15, -0.1) is 4.83 Å². The van der Waals surface area contributed by atoms with Crippen LogP contribution in [0.3, 0.4) is 0 Å². The van der Waals surface area contributed by atoms with E-state index in [1.165, 1.54) is 24.3 Å². The Hall–Kier alpha value is -3.11. The number of nitrogens with one attached hydrogen (secondary N) is 2. The van der Waals surface area contributed by atoms with Crippen molar-refractivity contribution in [3.63, 3.8) is 0 Å². The maximum absolute atomic E-state index is 13.6. The largest absolute Gasteiger partial charge is 0.342 e. The van der Waals surface area contributed by atoms with E-state index >= 15 is 0 Å². The number of aromatic nitrogens is 2. The van der Waals surface area contributed by atoms with Gasteiger partial charge in [-0.3, -0.25) is 10.2 Å². The first-order chi connectivity index (χ1) is 12.0. The van der Waals surface area contributed by atoms with Crippen LogP contribution in [0.4, 0.5) is 4.39 Å². The topological polar surface area (TPSA) is 114 Å². The molecule has 3 aromatic rings. The van der Waals surface area contributed by atoms with Gasteiger partial charge in [-0.05, 0) is 24.3 Å². The summed E-state index contributed by atoms with van der Waals surface area (Å²) >= 11 is 0. The lowest BCUT2D eigenvalue weighted by Crippen LogP contribution is -2.41. The molecule has 2 N–H and O–H groups in total. The molecule has 0 fully saturated rings. The Morgan fingerprint density at radius 3 is 2.64 bits per heavy atom. The molecule has 1 amide bonds. The van der Waals surface area contributed by atoms with Crippen LogP contribution in [0.2, 0.25) is 0 Å². The number of hydrogen-bond donors (Lipinski definition) is 2. The molecule has 0 radical (unpaired) electrons. The Morgan fingerprint density at radius 2 is 1.92 bits per heavy atom. The predicted octanol–water partition coefficient (Wildman–Crippen LogP) is 1.50. The van der Waals surface area contributed by atoms with Gasteiger partial charge in [0.15, 0.2) is 0 Å². The normalized spacial score (nSPS) is 11.2. The van der Waals surface area contributed by atoms with Crippen molar-refractivity contribution in [2.45, 2.75) is 4.90 Å². The van der Waals surface area contributed by atoms with Gasteiger partial charge in [0.05, 0.1) is 0 Å². The zero-order valence-corrected chi connectivity index (χ0v) is 13.3. The summed E-state index contributed by atoms with van der Waals surface area (Å²) < 4.78 is 42.3. The Balaban J connectivity index is 1.75. The summed E-state index contributed by atoms with van der Waals surface area (Å²) in [5.74, 6) is -1.38. The molecule has 2 aromatic carbocycles. The van der Waals surface area contributed by atoms with Crippen LogP contribution in [0.15, 0.2) is 64.3 Å². The predicted molar refractivity (Wildman–Crippen MR) is 83.9 cm³/mol. The van der Waals surface area contributed by atoms with Gasteiger partial charge in [-0.1, -0.05) is 29.4 Å². The van der Waals surface area contributed by atoms with Crippen molar-refractivity contribution in [3.8, 4) is 11.4 Å². The van der Waals surface area contributed by atoms with Gasteiger partial charge in [0, 0.05) is 11.1 Å². The summed E-state index contributed by atoms with van der Waals surface area (Å²) in [7, 11) is -4.24. The molecule has 0 bridgehead atoms. The highest BCUT2D eigenvalue weighted by Gasteiger charge is 2.19. The molecule has 0 spiro atoms. The van der Waals surface area contributed by atoms with Gasteiger partial charge >= 0.3 is 0 Å². The standard InChI is InChI=1S/C15H11FN4O4S/c16-12-6-1-2-7-13(12)25(22,23)20-18-15(21)11-5-3-4-10(8-11)14-17-9-24-19-14/h1-9,20H,(H,18,21). The Kier molecular flexibility index (Phi) is 4.55. The van der Waals surface area contributed by atoms with E-state index in [0.717, 1.165) is 18.5 Å². The van der Waals surface area contributed by atoms with Crippen LogP contribution in [0.5, 0.6) is 0 Å². The molecule has 0 atom stereocenters. The second kappa shape index (κ2) is 6.79. The maximum Gasteiger partial charge on any atom is 0.266 e. The first-order valence-electron chi connectivity index (χ1n) is 6.91. The fourth-order valence-corrected chi connectivity index (χ4v) is 2.92. The van der Waals surface area contributed by atoms with Crippen LogP contribution in [0.25, 0.3) is 11.4 Å². The first-order valence-corrected chi connectivity index (χ1v) is 8.39. The number of halogens is 1. The fourth-order valence-electron chi connectivity index (χ4n) is 2.00. The molecule has 0 saturated heterocycles. The zero-order chi connectivity index (χ0) is 17.9. The summed E-state index contributed by atoms with van der Waals surface area (Å²) in [4.78, 5) is 17.3. The van der Waals surface area contributed by atoms with Crippen LogP contribution in [-0.2, 0) is 10.0 Å². The lowest BCUT2D eigenvalue weighted by Gasteiger charge is -2.09. The molecule has 3 rings (SSSR count). The molecule has 0 saturated carbocycles.